The van der Waals surface area contributed by atoms with Crippen molar-refractivity contribution >= 4 is 5.97 Å². The van der Waals surface area contributed by atoms with Gasteiger partial charge in [-0.1, -0.05) is 32.9 Å². The lowest BCUT2D eigenvalue weighted by Crippen LogP contribution is -2.38. The van der Waals surface area contributed by atoms with Crippen LogP contribution in [-0.2, 0) is 14.3 Å². The zero-order chi connectivity index (χ0) is 11.1. The molecular weight excluding hydrogens is 192 g/mol. The lowest BCUT2D eigenvalue weighted by molar-refractivity contribution is -0.156. The van der Waals surface area contributed by atoms with Crippen LogP contribution in [0, 0.1) is 5.41 Å². The van der Waals surface area contributed by atoms with Gasteiger partial charge in [-0.25, -0.2) is 4.79 Å². The number of carbonyl (C=O) groups is 1. The summed E-state index contributed by atoms with van der Waals surface area (Å²) < 4.78 is 11.2. The molecule has 0 saturated carbocycles. The van der Waals surface area contributed by atoms with Gasteiger partial charge in [0.25, 0.3) is 0 Å². The molecule has 2 atom stereocenters. The third-order valence-corrected chi connectivity index (χ3v) is 2.95. The number of ether oxygens (including phenoxy) is 2. The molecular formula is C12H18O3. The minimum atomic E-state index is -0.688. The fourth-order valence-corrected chi connectivity index (χ4v) is 1.94. The fourth-order valence-electron chi connectivity index (χ4n) is 1.94. The number of allylic oxidation sites excluding steroid dienone is 1. The molecule has 3 heteroatoms. The van der Waals surface area contributed by atoms with Crippen molar-refractivity contribution in [1.29, 1.82) is 0 Å². The van der Waals surface area contributed by atoms with Gasteiger partial charge in [0.15, 0.2) is 5.60 Å². The summed E-state index contributed by atoms with van der Waals surface area (Å²) in [7, 11) is 0. The topological polar surface area (TPSA) is 35.5 Å². The molecule has 2 aliphatic rings. The smallest absolute Gasteiger partial charge is 0.341 e. The third kappa shape index (κ3) is 1.81. The van der Waals surface area contributed by atoms with E-state index in [-0.39, 0.29) is 11.4 Å². The van der Waals surface area contributed by atoms with E-state index in [2.05, 4.69) is 6.08 Å². The van der Waals surface area contributed by atoms with Crippen molar-refractivity contribution in [2.24, 2.45) is 5.41 Å². The summed E-state index contributed by atoms with van der Waals surface area (Å²) in [5.74, 6) is -0.188. The summed E-state index contributed by atoms with van der Waals surface area (Å²) in [4.78, 5) is 11.8. The number of carbonyl (C=O) groups excluding carboxylic acids is 1. The zero-order valence-electron chi connectivity index (χ0n) is 9.58. The Hall–Kier alpha value is -0.830. The molecule has 1 spiro atoms. The van der Waals surface area contributed by atoms with Crippen LogP contribution in [0.1, 0.15) is 40.0 Å². The lowest BCUT2D eigenvalue weighted by atomic mass is 9.89. The molecule has 0 aromatic heterocycles. The van der Waals surface area contributed by atoms with Crippen molar-refractivity contribution in [3.05, 3.63) is 12.2 Å². The molecule has 1 aliphatic carbocycles. The third-order valence-electron chi connectivity index (χ3n) is 2.95. The summed E-state index contributed by atoms with van der Waals surface area (Å²) in [6.45, 7) is 6.05. The van der Waals surface area contributed by atoms with Crippen molar-refractivity contribution in [3.63, 3.8) is 0 Å². The molecule has 0 amide bonds. The minimum absolute atomic E-state index is 0.152. The van der Waals surface area contributed by atoms with Crippen molar-refractivity contribution in [2.75, 3.05) is 0 Å². The fraction of sp³-hybridized carbons (Fsp3) is 0.750. The first-order chi connectivity index (χ1) is 6.94. The molecule has 1 fully saturated rings. The van der Waals surface area contributed by atoms with Crippen LogP contribution in [0.25, 0.3) is 0 Å². The van der Waals surface area contributed by atoms with E-state index in [9.17, 15) is 4.79 Å². The largest absolute Gasteiger partial charge is 0.433 e. The van der Waals surface area contributed by atoms with Gasteiger partial charge >= 0.3 is 5.97 Å². The summed E-state index contributed by atoms with van der Waals surface area (Å²) >= 11 is 0. The van der Waals surface area contributed by atoms with Crippen LogP contribution in [0.5, 0.6) is 0 Å². The average Bonchev–Trinajstić information content (AvgIpc) is 2.45. The average molecular weight is 210 g/mol. The van der Waals surface area contributed by atoms with Crippen LogP contribution < -0.4 is 0 Å². The van der Waals surface area contributed by atoms with E-state index in [1.807, 2.05) is 26.8 Å². The Balaban J connectivity index is 2.17. The number of hydrogen-bond donors (Lipinski definition) is 0. The highest BCUT2D eigenvalue weighted by molar-refractivity contribution is 5.81. The van der Waals surface area contributed by atoms with Crippen molar-refractivity contribution < 1.29 is 14.3 Å². The second-order valence-electron chi connectivity index (χ2n) is 5.43. The van der Waals surface area contributed by atoms with E-state index >= 15 is 0 Å². The second-order valence-corrected chi connectivity index (χ2v) is 5.43. The molecule has 1 heterocycles. The molecule has 3 nitrogen and oxygen atoms in total. The number of rotatable bonds is 0. The van der Waals surface area contributed by atoms with E-state index in [0.29, 0.717) is 6.42 Å². The molecule has 0 N–H and O–H groups in total. The quantitative estimate of drug-likeness (QED) is 0.455. The van der Waals surface area contributed by atoms with Gasteiger partial charge in [0, 0.05) is 11.8 Å². The van der Waals surface area contributed by atoms with Gasteiger partial charge in [0.05, 0.1) is 0 Å². The first kappa shape index (κ1) is 10.7. The Kier molecular flexibility index (Phi) is 2.38. The molecule has 1 saturated heterocycles. The first-order valence-corrected chi connectivity index (χ1v) is 5.48. The maximum atomic E-state index is 11.8. The first-order valence-electron chi connectivity index (χ1n) is 5.48. The zero-order valence-corrected chi connectivity index (χ0v) is 9.58. The van der Waals surface area contributed by atoms with E-state index in [0.717, 1.165) is 12.8 Å². The van der Waals surface area contributed by atoms with Gasteiger partial charge in [0.2, 0.25) is 6.29 Å². The monoisotopic (exact) mass is 210 g/mol. The highest BCUT2D eigenvalue weighted by atomic mass is 16.8. The van der Waals surface area contributed by atoms with Gasteiger partial charge in [0.1, 0.15) is 0 Å². The van der Waals surface area contributed by atoms with Gasteiger partial charge in [-0.15, -0.1) is 0 Å². The van der Waals surface area contributed by atoms with Crippen molar-refractivity contribution in [2.45, 2.75) is 51.9 Å². The lowest BCUT2D eigenvalue weighted by Gasteiger charge is -2.28. The van der Waals surface area contributed by atoms with E-state index in [1.165, 1.54) is 0 Å². The van der Waals surface area contributed by atoms with Crippen molar-refractivity contribution in [3.8, 4) is 0 Å². The number of hydrogen-bond acceptors (Lipinski definition) is 3. The Morgan fingerprint density at radius 3 is 2.60 bits per heavy atom. The predicted molar refractivity (Wildman–Crippen MR) is 56.1 cm³/mol. The molecule has 0 aromatic carbocycles. The van der Waals surface area contributed by atoms with Crippen LogP contribution in [0.4, 0.5) is 0 Å². The minimum Gasteiger partial charge on any atom is -0.433 e. The van der Waals surface area contributed by atoms with E-state index < -0.39 is 11.9 Å². The summed E-state index contributed by atoms with van der Waals surface area (Å²) in [5.41, 5.74) is -0.840. The Labute approximate surface area is 90.4 Å². The Bertz CT molecular complexity index is 300. The highest BCUT2D eigenvalue weighted by Crippen LogP contribution is 2.40. The molecule has 1 aliphatic heterocycles. The molecule has 0 unspecified atom stereocenters. The molecule has 84 valence electrons. The van der Waals surface area contributed by atoms with Crippen LogP contribution in [0.3, 0.4) is 0 Å². The molecule has 0 bridgehead atoms. The van der Waals surface area contributed by atoms with Gasteiger partial charge in [-0.2, -0.15) is 0 Å². The van der Waals surface area contributed by atoms with Crippen LogP contribution in [-0.4, -0.2) is 17.9 Å². The van der Waals surface area contributed by atoms with Crippen LogP contribution >= 0.6 is 0 Å². The molecule has 15 heavy (non-hydrogen) atoms. The number of esters is 1. The summed E-state index contributed by atoms with van der Waals surface area (Å²) in [6, 6.07) is 0. The normalized spacial score (nSPS) is 35.9. The molecule has 0 radical (unpaired) electrons. The van der Waals surface area contributed by atoms with Gasteiger partial charge in [-0.05, 0) is 12.8 Å². The van der Waals surface area contributed by atoms with E-state index in [4.69, 9.17) is 9.47 Å². The summed E-state index contributed by atoms with van der Waals surface area (Å²) in [5, 5.41) is 0. The predicted octanol–water partition coefficient (Wildman–Crippen LogP) is 2.41. The number of cyclic esters (lactones) is 1. The molecule has 0 aromatic rings. The van der Waals surface area contributed by atoms with E-state index in [1.54, 1.807) is 0 Å². The second kappa shape index (κ2) is 3.34. The van der Waals surface area contributed by atoms with Gasteiger partial charge < -0.3 is 9.47 Å². The molecule has 2 rings (SSSR count). The highest BCUT2D eigenvalue weighted by Gasteiger charge is 2.52. The SMILES string of the molecule is CC(C)(C)[C@H]1OC(=O)[C@]2(CC=CCC2)O1. The Morgan fingerprint density at radius 2 is 2.13 bits per heavy atom. The summed E-state index contributed by atoms with van der Waals surface area (Å²) in [6.07, 6.45) is 5.98. The van der Waals surface area contributed by atoms with Crippen LogP contribution in [0.15, 0.2) is 12.2 Å². The van der Waals surface area contributed by atoms with Crippen molar-refractivity contribution in [1.82, 2.24) is 0 Å². The van der Waals surface area contributed by atoms with Gasteiger partial charge in [-0.3, -0.25) is 0 Å². The maximum Gasteiger partial charge on any atom is 0.341 e. The van der Waals surface area contributed by atoms with Crippen LogP contribution in [0.2, 0.25) is 0 Å². The standard InChI is InChI=1S/C12H18O3/c1-11(2,3)10-14-9(13)12(15-10)7-5-4-6-8-12/h4-5,10H,6-8H2,1-3H3/t10-,12+/m0/s1. The Morgan fingerprint density at radius 1 is 1.40 bits per heavy atom. The maximum absolute atomic E-state index is 11.8.